The van der Waals surface area contributed by atoms with E-state index in [4.69, 9.17) is 0 Å². The highest BCUT2D eigenvalue weighted by molar-refractivity contribution is 9.10. The van der Waals surface area contributed by atoms with E-state index in [0.717, 1.165) is 27.9 Å². The van der Waals surface area contributed by atoms with E-state index in [9.17, 15) is 0 Å². The number of nitrogens with zero attached hydrogens (tertiary/aromatic N) is 3. The Kier molecular flexibility index (Phi) is 4.01. The second-order valence-electron chi connectivity index (χ2n) is 4.54. The standard InChI is InChI=1S/C14H15BrN6/c1-2-16-14-19-12(11-8-18-21-13(11)20-14)17-7-9-3-5-10(15)6-4-9/h3-6,8H,2,7H2,1H3,(H3,16,17,18,19,20,21). The first-order chi connectivity index (χ1) is 10.3. The lowest BCUT2D eigenvalue weighted by Gasteiger charge is -2.09. The van der Waals surface area contributed by atoms with Gasteiger partial charge in [-0.05, 0) is 24.6 Å². The van der Waals surface area contributed by atoms with Crippen LogP contribution in [-0.2, 0) is 6.54 Å². The second-order valence-corrected chi connectivity index (χ2v) is 5.45. The van der Waals surface area contributed by atoms with Crippen LogP contribution in [0.25, 0.3) is 11.0 Å². The van der Waals surface area contributed by atoms with Gasteiger partial charge in [0.05, 0.1) is 11.6 Å². The van der Waals surface area contributed by atoms with Crippen molar-refractivity contribution in [2.45, 2.75) is 13.5 Å². The van der Waals surface area contributed by atoms with Crippen LogP contribution < -0.4 is 10.6 Å². The Morgan fingerprint density at radius 1 is 1.14 bits per heavy atom. The van der Waals surface area contributed by atoms with Crippen LogP contribution >= 0.6 is 15.9 Å². The number of fused-ring (bicyclic) bond motifs is 1. The molecule has 0 aliphatic rings. The summed E-state index contributed by atoms with van der Waals surface area (Å²) in [6.07, 6.45) is 1.73. The number of benzene rings is 1. The van der Waals surface area contributed by atoms with Crippen molar-refractivity contribution in [2.24, 2.45) is 0 Å². The van der Waals surface area contributed by atoms with E-state index in [1.54, 1.807) is 6.20 Å². The largest absolute Gasteiger partial charge is 0.365 e. The highest BCUT2D eigenvalue weighted by atomic mass is 79.9. The summed E-state index contributed by atoms with van der Waals surface area (Å²) in [5.41, 5.74) is 1.90. The van der Waals surface area contributed by atoms with Crippen molar-refractivity contribution >= 4 is 38.7 Å². The zero-order valence-electron chi connectivity index (χ0n) is 11.5. The Balaban J connectivity index is 1.84. The van der Waals surface area contributed by atoms with Gasteiger partial charge in [-0.25, -0.2) is 0 Å². The van der Waals surface area contributed by atoms with Crippen molar-refractivity contribution in [1.29, 1.82) is 0 Å². The summed E-state index contributed by atoms with van der Waals surface area (Å²) < 4.78 is 1.07. The van der Waals surface area contributed by atoms with Crippen molar-refractivity contribution in [1.82, 2.24) is 20.2 Å². The molecule has 0 spiro atoms. The molecule has 108 valence electrons. The molecule has 1 aromatic carbocycles. The van der Waals surface area contributed by atoms with Crippen molar-refractivity contribution in [3.8, 4) is 0 Å². The maximum atomic E-state index is 4.49. The number of halogens is 1. The molecule has 3 aromatic rings. The summed E-state index contributed by atoms with van der Waals surface area (Å²) in [5.74, 6) is 1.36. The molecule has 0 fully saturated rings. The number of anilines is 2. The van der Waals surface area contributed by atoms with Crippen molar-refractivity contribution in [2.75, 3.05) is 17.2 Å². The lowest BCUT2D eigenvalue weighted by molar-refractivity contribution is 1.06. The summed E-state index contributed by atoms with van der Waals surface area (Å²) in [4.78, 5) is 8.86. The molecule has 7 heteroatoms. The van der Waals surface area contributed by atoms with E-state index in [1.807, 2.05) is 19.1 Å². The SMILES string of the molecule is CCNc1nc(NCc2ccc(Br)cc2)c2cn[nH]c2n1. The molecular weight excluding hydrogens is 332 g/mol. The van der Waals surface area contributed by atoms with Crippen LogP contribution in [-0.4, -0.2) is 26.7 Å². The summed E-state index contributed by atoms with van der Waals surface area (Å²) in [5, 5.41) is 14.2. The molecule has 2 aromatic heterocycles. The van der Waals surface area contributed by atoms with Crippen LogP contribution in [0.3, 0.4) is 0 Å². The lowest BCUT2D eigenvalue weighted by atomic mass is 10.2. The van der Waals surface area contributed by atoms with E-state index < -0.39 is 0 Å². The monoisotopic (exact) mass is 346 g/mol. The van der Waals surface area contributed by atoms with Crippen LogP contribution in [0.4, 0.5) is 11.8 Å². The molecule has 3 N–H and O–H groups in total. The van der Waals surface area contributed by atoms with E-state index in [-0.39, 0.29) is 0 Å². The van der Waals surface area contributed by atoms with E-state index >= 15 is 0 Å². The average molecular weight is 347 g/mol. The molecule has 0 saturated carbocycles. The second kappa shape index (κ2) is 6.09. The van der Waals surface area contributed by atoms with Gasteiger partial charge in [0.15, 0.2) is 5.65 Å². The third-order valence-corrected chi connectivity index (χ3v) is 3.55. The minimum Gasteiger partial charge on any atom is -0.365 e. The maximum absolute atomic E-state index is 4.49. The van der Waals surface area contributed by atoms with Gasteiger partial charge in [-0.15, -0.1) is 0 Å². The molecule has 0 aliphatic carbocycles. The Hall–Kier alpha value is -2.15. The van der Waals surface area contributed by atoms with E-state index in [0.29, 0.717) is 12.5 Å². The molecule has 0 aliphatic heterocycles. The zero-order chi connectivity index (χ0) is 14.7. The molecular formula is C14H15BrN6. The Labute approximate surface area is 130 Å². The highest BCUT2D eigenvalue weighted by Gasteiger charge is 2.08. The molecule has 0 amide bonds. The summed E-state index contributed by atoms with van der Waals surface area (Å²) in [6.45, 7) is 3.47. The van der Waals surface area contributed by atoms with Gasteiger partial charge < -0.3 is 10.6 Å². The minimum absolute atomic E-state index is 0.590. The molecule has 21 heavy (non-hydrogen) atoms. The topological polar surface area (TPSA) is 78.5 Å². The Morgan fingerprint density at radius 3 is 2.71 bits per heavy atom. The van der Waals surface area contributed by atoms with Gasteiger partial charge >= 0.3 is 0 Å². The molecule has 6 nitrogen and oxygen atoms in total. The number of H-pyrrole nitrogens is 1. The molecule has 0 unspecified atom stereocenters. The van der Waals surface area contributed by atoms with Gasteiger partial charge in [0.25, 0.3) is 0 Å². The molecule has 2 heterocycles. The minimum atomic E-state index is 0.590. The first kappa shape index (κ1) is 13.8. The van der Waals surface area contributed by atoms with E-state index in [1.165, 1.54) is 5.56 Å². The normalized spacial score (nSPS) is 10.8. The smallest absolute Gasteiger partial charge is 0.226 e. The number of aromatic amines is 1. The van der Waals surface area contributed by atoms with Gasteiger partial charge in [0, 0.05) is 17.6 Å². The van der Waals surface area contributed by atoms with Gasteiger partial charge in [0.2, 0.25) is 5.95 Å². The number of aromatic nitrogens is 4. The van der Waals surface area contributed by atoms with Crippen LogP contribution in [0, 0.1) is 0 Å². The van der Waals surface area contributed by atoms with Gasteiger partial charge in [0.1, 0.15) is 5.82 Å². The molecule has 0 bridgehead atoms. The number of rotatable bonds is 5. The predicted octanol–water partition coefficient (Wildman–Crippen LogP) is 3.16. The van der Waals surface area contributed by atoms with Crippen LogP contribution in [0.15, 0.2) is 34.9 Å². The van der Waals surface area contributed by atoms with Gasteiger partial charge in [-0.3, -0.25) is 5.10 Å². The lowest BCUT2D eigenvalue weighted by Crippen LogP contribution is -2.07. The first-order valence-electron chi connectivity index (χ1n) is 6.69. The third kappa shape index (κ3) is 3.13. The fraction of sp³-hybridized carbons (Fsp3) is 0.214. The summed E-state index contributed by atoms with van der Waals surface area (Å²) in [6, 6.07) is 8.18. The quantitative estimate of drug-likeness (QED) is 0.661. The third-order valence-electron chi connectivity index (χ3n) is 3.02. The zero-order valence-corrected chi connectivity index (χ0v) is 13.1. The van der Waals surface area contributed by atoms with E-state index in [2.05, 4.69) is 58.9 Å². The Morgan fingerprint density at radius 2 is 1.95 bits per heavy atom. The molecule has 0 saturated heterocycles. The van der Waals surface area contributed by atoms with Crippen LogP contribution in [0.2, 0.25) is 0 Å². The van der Waals surface area contributed by atoms with Gasteiger partial charge in [-0.2, -0.15) is 15.1 Å². The first-order valence-corrected chi connectivity index (χ1v) is 7.49. The summed E-state index contributed by atoms with van der Waals surface area (Å²) in [7, 11) is 0. The molecule has 0 atom stereocenters. The fourth-order valence-electron chi connectivity index (χ4n) is 1.99. The van der Waals surface area contributed by atoms with Crippen LogP contribution in [0.5, 0.6) is 0 Å². The van der Waals surface area contributed by atoms with Crippen molar-refractivity contribution in [3.63, 3.8) is 0 Å². The van der Waals surface area contributed by atoms with Gasteiger partial charge in [-0.1, -0.05) is 28.1 Å². The number of hydrogen-bond donors (Lipinski definition) is 3. The number of hydrogen-bond acceptors (Lipinski definition) is 5. The molecule has 3 rings (SSSR count). The summed E-state index contributed by atoms with van der Waals surface area (Å²) >= 11 is 3.43. The van der Waals surface area contributed by atoms with Crippen molar-refractivity contribution < 1.29 is 0 Å². The fourth-order valence-corrected chi connectivity index (χ4v) is 2.26. The predicted molar refractivity (Wildman–Crippen MR) is 87.3 cm³/mol. The maximum Gasteiger partial charge on any atom is 0.226 e. The van der Waals surface area contributed by atoms with Crippen molar-refractivity contribution in [3.05, 3.63) is 40.5 Å². The Bertz CT molecular complexity index is 737. The highest BCUT2D eigenvalue weighted by Crippen LogP contribution is 2.21. The number of nitrogens with one attached hydrogen (secondary N) is 3. The van der Waals surface area contributed by atoms with Crippen LogP contribution in [0.1, 0.15) is 12.5 Å². The molecule has 0 radical (unpaired) electrons. The average Bonchev–Trinajstić information content (AvgIpc) is 2.95.